The number of nitro groups is 1. The number of anilines is 1. The van der Waals surface area contributed by atoms with E-state index in [-0.39, 0.29) is 18.2 Å². The van der Waals surface area contributed by atoms with Gasteiger partial charge in [0.15, 0.2) is 0 Å². The topological polar surface area (TPSA) is 75.4 Å². The predicted molar refractivity (Wildman–Crippen MR) is 80.2 cm³/mol. The van der Waals surface area contributed by atoms with Gasteiger partial charge in [-0.1, -0.05) is 13.0 Å². The zero-order valence-corrected chi connectivity index (χ0v) is 11.9. The molecule has 1 aromatic heterocycles. The maximum Gasteiger partial charge on any atom is 0.292 e. The van der Waals surface area contributed by atoms with Gasteiger partial charge >= 0.3 is 0 Å². The van der Waals surface area contributed by atoms with Crippen molar-refractivity contribution < 1.29 is 10.0 Å². The van der Waals surface area contributed by atoms with E-state index in [1.807, 2.05) is 11.4 Å². The summed E-state index contributed by atoms with van der Waals surface area (Å²) in [5, 5.41) is 25.2. The lowest BCUT2D eigenvalue weighted by atomic mass is 10.1. The summed E-state index contributed by atoms with van der Waals surface area (Å²) in [6.07, 6.45) is 0. The molecule has 1 atom stereocenters. The molecule has 2 rings (SSSR count). The minimum Gasteiger partial charge on any atom is -0.392 e. The Morgan fingerprint density at radius 1 is 1.45 bits per heavy atom. The molecule has 0 aliphatic carbocycles. The summed E-state index contributed by atoms with van der Waals surface area (Å²) in [5.74, 6) is 0.271. The number of nitrogens with zero attached hydrogens (tertiary/aromatic N) is 1. The van der Waals surface area contributed by atoms with Gasteiger partial charge in [0.25, 0.3) is 5.69 Å². The quantitative estimate of drug-likeness (QED) is 0.632. The molecule has 0 radical (unpaired) electrons. The van der Waals surface area contributed by atoms with Gasteiger partial charge in [-0.25, -0.2) is 0 Å². The highest BCUT2D eigenvalue weighted by Gasteiger charge is 2.15. The molecule has 0 spiro atoms. The first-order valence-electron chi connectivity index (χ1n) is 6.27. The molecule has 1 heterocycles. The smallest absolute Gasteiger partial charge is 0.292 e. The summed E-state index contributed by atoms with van der Waals surface area (Å²) in [5.41, 5.74) is 1.13. The van der Waals surface area contributed by atoms with E-state index >= 15 is 0 Å². The Balaban J connectivity index is 2.13. The molecule has 1 aromatic carbocycles. The second-order valence-electron chi connectivity index (χ2n) is 4.56. The first kappa shape index (κ1) is 14.5. The molecule has 0 aliphatic heterocycles. The van der Waals surface area contributed by atoms with Crippen LogP contribution < -0.4 is 5.32 Å². The third kappa shape index (κ3) is 3.34. The molecule has 0 bridgehead atoms. The zero-order valence-electron chi connectivity index (χ0n) is 11.1. The van der Waals surface area contributed by atoms with Crippen molar-refractivity contribution in [3.8, 4) is 0 Å². The van der Waals surface area contributed by atoms with E-state index in [9.17, 15) is 10.1 Å². The van der Waals surface area contributed by atoms with Crippen LogP contribution in [0, 0.1) is 10.1 Å². The third-order valence-electron chi connectivity index (χ3n) is 3.07. The van der Waals surface area contributed by atoms with Crippen LogP contribution in [0.15, 0.2) is 35.7 Å². The summed E-state index contributed by atoms with van der Waals surface area (Å²) in [6, 6.07) is 8.65. The number of hydrogen-bond donors (Lipinski definition) is 2. The van der Waals surface area contributed by atoms with E-state index in [4.69, 9.17) is 5.11 Å². The van der Waals surface area contributed by atoms with Gasteiger partial charge in [-0.15, -0.1) is 11.3 Å². The van der Waals surface area contributed by atoms with Gasteiger partial charge in [0, 0.05) is 23.4 Å². The van der Waals surface area contributed by atoms with Crippen LogP contribution in [0.5, 0.6) is 0 Å². The third-order valence-corrected chi connectivity index (χ3v) is 4.17. The Labute approximate surface area is 121 Å². The lowest BCUT2D eigenvalue weighted by Gasteiger charge is -2.13. The van der Waals surface area contributed by atoms with Crippen molar-refractivity contribution in [2.75, 3.05) is 11.9 Å². The normalized spacial score (nSPS) is 12.1. The lowest BCUT2D eigenvalue weighted by Crippen LogP contribution is -2.10. The molecular formula is C14H16N2O3S. The molecule has 20 heavy (non-hydrogen) atoms. The number of hydrogen-bond acceptors (Lipinski definition) is 5. The Morgan fingerprint density at radius 3 is 2.85 bits per heavy atom. The fourth-order valence-corrected chi connectivity index (χ4v) is 2.70. The molecule has 0 fully saturated rings. The number of nitro benzene ring substituents is 1. The summed E-state index contributed by atoms with van der Waals surface area (Å²) >= 11 is 1.67. The fraction of sp³-hybridized carbons (Fsp3) is 0.286. The van der Waals surface area contributed by atoms with Crippen molar-refractivity contribution in [3.05, 3.63) is 56.3 Å². The first-order valence-corrected chi connectivity index (χ1v) is 7.15. The molecule has 2 aromatic rings. The minimum absolute atomic E-state index is 0.0283. The number of thiophene rings is 1. The van der Waals surface area contributed by atoms with Crippen molar-refractivity contribution in [2.24, 2.45) is 0 Å². The second-order valence-corrected chi connectivity index (χ2v) is 5.54. The van der Waals surface area contributed by atoms with Gasteiger partial charge in [-0.2, -0.15) is 0 Å². The highest BCUT2D eigenvalue weighted by molar-refractivity contribution is 7.10. The molecule has 0 saturated heterocycles. The van der Waals surface area contributed by atoms with Gasteiger partial charge in [0.1, 0.15) is 5.69 Å². The average Bonchev–Trinajstić information content (AvgIpc) is 2.98. The van der Waals surface area contributed by atoms with Crippen LogP contribution in [0.25, 0.3) is 0 Å². The molecule has 1 unspecified atom stereocenters. The van der Waals surface area contributed by atoms with Crippen LogP contribution in [0.1, 0.15) is 23.3 Å². The first-order chi connectivity index (χ1) is 9.61. The molecule has 2 N–H and O–H groups in total. The number of rotatable bonds is 6. The minimum atomic E-state index is -0.417. The van der Waals surface area contributed by atoms with Gasteiger partial charge < -0.3 is 10.4 Å². The second kappa shape index (κ2) is 6.49. The van der Waals surface area contributed by atoms with Crippen molar-refractivity contribution in [1.82, 2.24) is 0 Å². The van der Waals surface area contributed by atoms with Crippen LogP contribution in [-0.2, 0) is 6.61 Å². The Morgan fingerprint density at radius 2 is 2.25 bits per heavy atom. The molecule has 0 amide bonds. The number of nitrogens with one attached hydrogen (secondary N) is 1. The lowest BCUT2D eigenvalue weighted by molar-refractivity contribution is -0.384. The maximum atomic E-state index is 11.0. The Kier molecular flexibility index (Phi) is 4.70. The molecule has 0 saturated carbocycles. The molecular weight excluding hydrogens is 276 g/mol. The van der Waals surface area contributed by atoms with Gasteiger partial charge in [-0.05, 0) is 29.1 Å². The van der Waals surface area contributed by atoms with Crippen molar-refractivity contribution in [1.29, 1.82) is 0 Å². The molecule has 106 valence electrons. The summed E-state index contributed by atoms with van der Waals surface area (Å²) in [7, 11) is 0. The van der Waals surface area contributed by atoms with Crippen molar-refractivity contribution in [3.63, 3.8) is 0 Å². The Hall–Kier alpha value is -1.92. The van der Waals surface area contributed by atoms with Gasteiger partial charge in [-0.3, -0.25) is 10.1 Å². The highest BCUT2D eigenvalue weighted by Crippen LogP contribution is 2.27. The number of aliphatic hydroxyl groups is 1. The average molecular weight is 292 g/mol. The van der Waals surface area contributed by atoms with Crippen LogP contribution in [0.4, 0.5) is 11.4 Å². The summed E-state index contributed by atoms with van der Waals surface area (Å²) in [4.78, 5) is 11.8. The molecule has 6 heteroatoms. The van der Waals surface area contributed by atoms with Gasteiger partial charge in [0.05, 0.1) is 11.5 Å². The van der Waals surface area contributed by atoms with E-state index in [0.29, 0.717) is 17.8 Å². The zero-order chi connectivity index (χ0) is 14.5. The predicted octanol–water partition coefficient (Wildman–Crippen LogP) is 3.36. The monoisotopic (exact) mass is 292 g/mol. The van der Waals surface area contributed by atoms with E-state index in [0.717, 1.165) is 0 Å². The molecule has 0 aliphatic rings. The van der Waals surface area contributed by atoms with Gasteiger partial charge in [0.2, 0.25) is 0 Å². The Bertz CT molecular complexity index is 584. The fourth-order valence-electron chi connectivity index (χ4n) is 1.92. The highest BCUT2D eigenvalue weighted by atomic mass is 32.1. The van der Waals surface area contributed by atoms with Crippen molar-refractivity contribution in [2.45, 2.75) is 19.4 Å². The largest absolute Gasteiger partial charge is 0.392 e. The van der Waals surface area contributed by atoms with Crippen molar-refractivity contribution >= 4 is 22.7 Å². The van der Waals surface area contributed by atoms with Crippen LogP contribution in [-0.4, -0.2) is 16.6 Å². The summed E-state index contributed by atoms with van der Waals surface area (Å²) < 4.78 is 0. The summed E-state index contributed by atoms with van der Waals surface area (Å²) in [6.45, 7) is 2.55. The molecule has 5 nitrogen and oxygen atoms in total. The SMILES string of the molecule is CC(CNc1cc(CO)ccc1[N+](=O)[O-])c1cccs1. The number of aliphatic hydroxyl groups excluding tert-OH is 1. The standard InChI is InChI=1S/C14H16N2O3S/c1-10(14-3-2-6-20-14)8-15-12-7-11(9-17)4-5-13(12)16(18)19/h2-7,10,15,17H,8-9H2,1H3. The van der Waals surface area contributed by atoms with Crippen LogP contribution in [0.2, 0.25) is 0 Å². The van der Waals surface area contributed by atoms with E-state index < -0.39 is 4.92 Å². The van der Waals surface area contributed by atoms with E-state index in [2.05, 4.69) is 18.3 Å². The van der Waals surface area contributed by atoms with E-state index in [1.165, 1.54) is 10.9 Å². The maximum absolute atomic E-state index is 11.0. The van der Waals surface area contributed by atoms with Crippen LogP contribution >= 0.6 is 11.3 Å². The van der Waals surface area contributed by atoms with E-state index in [1.54, 1.807) is 23.5 Å². The van der Waals surface area contributed by atoms with Crippen LogP contribution in [0.3, 0.4) is 0 Å². The number of benzene rings is 1.